The number of carbonyl (C=O) groups excluding carboxylic acids is 3. The zero-order valence-corrected chi connectivity index (χ0v) is 16.5. The predicted octanol–water partition coefficient (Wildman–Crippen LogP) is 2.86. The molecule has 3 amide bonds. The number of hydrogen-bond acceptors (Lipinski definition) is 3. The molecule has 3 rings (SSSR count). The van der Waals surface area contributed by atoms with Crippen LogP contribution in [0.3, 0.4) is 0 Å². The Morgan fingerprint density at radius 1 is 0.857 bits per heavy atom. The van der Waals surface area contributed by atoms with E-state index < -0.39 is 0 Å². The van der Waals surface area contributed by atoms with Crippen LogP contribution < -0.4 is 5.32 Å². The molecule has 0 unspecified atom stereocenters. The summed E-state index contributed by atoms with van der Waals surface area (Å²) in [5.41, 5.74) is 3.79. The van der Waals surface area contributed by atoms with E-state index >= 15 is 0 Å². The molecule has 1 saturated heterocycles. The Morgan fingerprint density at radius 3 is 2.14 bits per heavy atom. The van der Waals surface area contributed by atoms with Crippen molar-refractivity contribution in [1.29, 1.82) is 0 Å². The first-order valence-corrected chi connectivity index (χ1v) is 9.38. The lowest BCUT2D eigenvalue weighted by molar-refractivity contribution is -0.130. The minimum Gasteiger partial charge on any atom is -0.339 e. The van der Waals surface area contributed by atoms with E-state index in [2.05, 4.69) is 5.32 Å². The molecular weight excluding hydrogens is 354 g/mol. The Bertz CT molecular complexity index is 915. The first kappa shape index (κ1) is 19.6. The van der Waals surface area contributed by atoms with Crippen molar-refractivity contribution in [2.24, 2.45) is 0 Å². The third kappa shape index (κ3) is 4.39. The highest BCUT2D eigenvalue weighted by atomic mass is 16.2. The van der Waals surface area contributed by atoms with Crippen molar-refractivity contribution in [2.45, 2.75) is 20.8 Å². The molecule has 0 saturated carbocycles. The summed E-state index contributed by atoms with van der Waals surface area (Å²) in [4.78, 5) is 40.3. The van der Waals surface area contributed by atoms with Crippen LogP contribution in [0, 0.1) is 13.8 Å². The lowest BCUT2D eigenvalue weighted by atomic mass is 10.1. The van der Waals surface area contributed by atoms with Gasteiger partial charge in [0, 0.05) is 49.9 Å². The van der Waals surface area contributed by atoms with Crippen molar-refractivity contribution in [3.05, 3.63) is 64.7 Å². The Kier molecular flexibility index (Phi) is 5.78. The van der Waals surface area contributed by atoms with E-state index in [9.17, 15) is 14.4 Å². The lowest BCUT2D eigenvalue weighted by Crippen LogP contribution is -2.50. The molecule has 1 fully saturated rings. The Labute approximate surface area is 165 Å². The van der Waals surface area contributed by atoms with Crippen LogP contribution in [0.2, 0.25) is 0 Å². The summed E-state index contributed by atoms with van der Waals surface area (Å²) in [6.45, 7) is 7.55. The molecule has 1 heterocycles. The molecule has 2 aromatic rings. The van der Waals surface area contributed by atoms with Crippen molar-refractivity contribution >= 4 is 23.4 Å². The normalized spacial score (nSPS) is 14.0. The molecule has 0 atom stereocenters. The average Bonchev–Trinajstić information content (AvgIpc) is 2.69. The number of rotatable bonds is 3. The fourth-order valence-corrected chi connectivity index (χ4v) is 3.35. The number of hydrogen-bond donors (Lipinski definition) is 1. The minimum absolute atomic E-state index is 0.0252. The van der Waals surface area contributed by atoms with Crippen molar-refractivity contribution < 1.29 is 14.4 Å². The van der Waals surface area contributed by atoms with Gasteiger partial charge in [-0.2, -0.15) is 0 Å². The lowest BCUT2D eigenvalue weighted by Gasteiger charge is -2.34. The van der Waals surface area contributed by atoms with Gasteiger partial charge in [-0.1, -0.05) is 23.8 Å². The van der Waals surface area contributed by atoms with E-state index in [0.29, 0.717) is 37.3 Å². The standard InChI is InChI=1S/C22H25N3O3/c1-15-7-8-20(16(2)13-15)23-21(27)18-5-4-6-19(14-18)22(28)25-11-9-24(10-12-25)17(3)26/h4-8,13-14H,9-12H2,1-3H3,(H,23,27). The number of nitrogens with one attached hydrogen (secondary N) is 1. The van der Waals surface area contributed by atoms with E-state index in [-0.39, 0.29) is 17.7 Å². The maximum atomic E-state index is 12.8. The number of piperazine rings is 1. The van der Waals surface area contributed by atoms with Gasteiger partial charge < -0.3 is 15.1 Å². The van der Waals surface area contributed by atoms with Crippen molar-refractivity contribution in [3.63, 3.8) is 0 Å². The zero-order chi connectivity index (χ0) is 20.3. The summed E-state index contributed by atoms with van der Waals surface area (Å²) in [6.07, 6.45) is 0. The smallest absolute Gasteiger partial charge is 0.255 e. The second kappa shape index (κ2) is 8.25. The van der Waals surface area contributed by atoms with Crippen LogP contribution in [-0.4, -0.2) is 53.7 Å². The van der Waals surface area contributed by atoms with Crippen LogP contribution in [0.1, 0.15) is 38.8 Å². The highest BCUT2D eigenvalue weighted by Gasteiger charge is 2.23. The summed E-state index contributed by atoms with van der Waals surface area (Å²) >= 11 is 0. The highest BCUT2D eigenvalue weighted by Crippen LogP contribution is 2.18. The molecule has 6 heteroatoms. The van der Waals surface area contributed by atoms with E-state index in [1.807, 2.05) is 32.0 Å². The molecular formula is C22H25N3O3. The molecule has 0 radical (unpaired) electrons. The van der Waals surface area contributed by atoms with Gasteiger partial charge in [0.05, 0.1) is 0 Å². The number of amides is 3. The third-order valence-corrected chi connectivity index (χ3v) is 5.01. The Morgan fingerprint density at radius 2 is 1.50 bits per heavy atom. The fourth-order valence-electron chi connectivity index (χ4n) is 3.35. The van der Waals surface area contributed by atoms with E-state index in [1.165, 1.54) is 6.92 Å². The Balaban J connectivity index is 1.70. The summed E-state index contributed by atoms with van der Waals surface area (Å²) in [6, 6.07) is 12.6. The van der Waals surface area contributed by atoms with Gasteiger partial charge >= 0.3 is 0 Å². The van der Waals surface area contributed by atoms with E-state index in [4.69, 9.17) is 0 Å². The molecule has 0 aliphatic carbocycles. The van der Waals surface area contributed by atoms with Gasteiger partial charge in [-0.05, 0) is 43.7 Å². The predicted molar refractivity (Wildman–Crippen MR) is 108 cm³/mol. The van der Waals surface area contributed by atoms with Crippen LogP contribution in [0.15, 0.2) is 42.5 Å². The molecule has 0 bridgehead atoms. The number of nitrogens with zero attached hydrogens (tertiary/aromatic N) is 2. The van der Waals surface area contributed by atoms with Crippen LogP contribution in [0.4, 0.5) is 5.69 Å². The molecule has 1 aliphatic rings. The first-order chi connectivity index (χ1) is 13.3. The van der Waals surface area contributed by atoms with Crippen LogP contribution in [-0.2, 0) is 4.79 Å². The fraction of sp³-hybridized carbons (Fsp3) is 0.318. The number of carbonyl (C=O) groups is 3. The molecule has 28 heavy (non-hydrogen) atoms. The molecule has 146 valence electrons. The van der Waals surface area contributed by atoms with Gasteiger partial charge in [0.2, 0.25) is 5.91 Å². The SMILES string of the molecule is CC(=O)N1CCN(C(=O)c2cccc(C(=O)Nc3ccc(C)cc3C)c2)CC1. The van der Waals surface area contributed by atoms with Gasteiger partial charge in [-0.3, -0.25) is 14.4 Å². The second-order valence-electron chi connectivity index (χ2n) is 7.15. The molecule has 0 spiro atoms. The maximum Gasteiger partial charge on any atom is 0.255 e. The van der Waals surface area contributed by atoms with Crippen LogP contribution in [0.5, 0.6) is 0 Å². The van der Waals surface area contributed by atoms with Gasteiger partial charge in [0.25, 0.3) is 11.8 Å². The van der Waals surface area contributed by atoms with Gasteiger partial charge in [0.1, 0.15) is 0 Å². The van der Waals surface area contributed by atoms with Gasteiger partial charge in [0.15, 0.2) is 0 Å². The monoisotopic (exact) mass is 379 g/mol. The summed E-state index contributed by atoms with van der Waals surface area (Å²) in [7, 11) is 0. The third-order valence-electron chi connectivity index (χ3n) is 5.01. The topological polar surface area (TPSA) is 69.7 Å². The second-order valence-corrected chi connectivity index (χ2v) is 7.15. The molecule has 1 N–H and O–H groups in total. The molecule has 2 aromatic carbocycles. The zero-order valence-electron chi connectivity index (χ0n) is 16.5. The van der Waals surface area contributed by atoms with E-state index in [0.717, 1.165) is 16.8 Å². The summed E-state index contributed by atoms with van der Waals surface area (Å²) < 4.78 is 0. The molecule has 0 aromatic heterocycles. The van der Waals surface area contributed by atoms with Crippen LogP contribution in [0.25, 0.3) is 0 Å². The van der Waals surface area contributed by atoms with Crippen LogP contribution >= 0.6 is 0 Å². The molecule has 1 aliphatic heterocycles. The number of aryl methyl sites for hydroxylation is 2. The van der Waals surface area contributed by atoms with Gasteiger partial charge in [-0.15, -0.1) is 0 Å². The quantitative estimate of drug-likeness (QED) is 0.892. The van der Waals surface area contributed by atoms with Crippen molar-refractivity contribution in [2.75, 3.05) is 31.5 Å². The van der Waals surface area contributed by atoms with Crippen molar-refractivity contribution in [1.82, 2.24) is 9.80 Å². The van der Waals surface area contributed by atoms with Gasteiger partial charge in [-0.25, -0.2) is 0 Å². The minimum atomic E-state index is -0.247. The number of anilines is 1. The Hall–Kier alpha value is -3.15. The first-order valence-electron chi connectivity index (χ1n) is 9.38. The largest absolute Gasteiger partial charge is 0.339 e. The van der Waals surface area contributed by atoms with Crippen molar-refractivity contribution in [3.8, 4) is 0 Å². The summed E-state index contributed by atoms with van der Waals surface area (Å²) in [5, 5.41) is 2.91. The maximum absolute atomic E-state index is 12.8. The number of benzene rings is 2. The van der Waals surface area contributed by atoms with E-state index in [1.54, 1.807) is 34.1 Å². The highest BCUT2D eigenvalue weighted by molar-refractivity contribution is 6.06. The summed E-state index contributed by atoms with van der Waals surface area (Å²) in [5.74, 6) is -0.343. The average molecular weight is 379 g/mol. The molecule has 6 nitrogen and oxygen atoms in total.